The third-order valence-electron chi connectivity index (χ3n) is 5.75. The number of ether oxygens (including phenoxy) is 1. The maximum absolute atomic E-state index is 13.3. The van der Waals surface area contributed by atoms with Gasteiger partial charge in [-0.1, -0.05) is 50.5 Å². The van der Waals surface area contributed by atoms with Crippen LogP contribution in [0.2, 0.25) is 0 Å². The summed E-state index contributed by atoms with van der Waals surface area (Å²) >= 11 is 0. The van der Waals surface area contributed by atoms with E-state index in [1.165, 1.54) is 37.3 Å². The average molecular weight is 462 g/mol. The van der Waals surface area contributed by atoms with Crippen LogP contribution >= 0.6 is 0 Å². The molecule has 1 saturated carbocycles. The first-order valence-electron chi connectivity index (χ1n) is 10.8. The molecule has 1 fully saturated rings. The van der Waals surface area contributed by atoms with Gasteiger partial charge in [0.2, 0.25) is 0 Å². The molecule has 0 bridgehead atoms. The van der Waals surface area contributed by atoms with Crippen LogP contribution in [0.5, 0.6) is 0 Å². The van der Waals surface area contributed by atoms with Crippen molar-refractivity contribution in [1.82, 2.24) is 4.90 Å². The lowest BCUT2D eigenvalue weighted by molar-refractivity contribution is -0.138. The molecule has 0 saturated heterocycles. The summed E-state index contributed by atoms with van der Waals surface area (Å²) in [5.41, 5.74) is 0.709. The maximum atomic E-state index is 13.3. The third kappa shape index (κ3) is 5.94. The highest BCUT2D eigenvalue weighted by Gasteiger charge is 2.27. The van der Waals surface area contributed by atoms with Crippen molar-refractivity contribution in [3.05, 3.63) is 65.5 Å². The summed E-state index contributed by atoms with van der Waals surface area (Å²) in [6.45, 7) is 1.30. The second-order valence-electron chi connectivity index (χ2n) is 7.92. The largest absolute Gasteiger partial charge is 0.452 e. The highest BCUT2D eigenvalue weighted by Crippen LogP contribution is 2.25. The SMILES string of the molecule is CCS(=O)(=O)c1ccccc1C(=O)OCC(=O)N(Cc1ccc(F)cc1)C1CCCCC1. The van der Waals surface area contributed by atoms with Gasteiger partial charge in [0.1, 0.15) is 5.82 Å². The predicted molar refractivity (Wildman–Crippen MR) is 118 cm³/mol. The quantitative estimate of drug-likeness (QED) is 0.552. The summed E-state index contributed by atoms with van der Waals surface area (Å²) in [5, 5.41) is 0. The van der Waals surface area contributed by atoms with Gasteiger partial charge in [-0.25, -0.2) is 17.6 Å². The van der Waals surface area contributed by atoms with Crippen molar-refractivity contribution in [3.8, 4) is 0 Å². The number of hydrogen-bond acceptors (Lipinski definition) is 5. The molecule has 0 heterocycles. The van der Waals surface area contributed by atoms with E-state index in [1.807, 2.05) is 0 Å². The molecule has 2 aromatic rings. The zero-order chi connectivity index (χ0) is 23.1. The van der Waals surface area contributed by atoms with Crippen LogP contribution in [0, 0.1) is 5.82 Å². The van der Waals surface area contributed by atoms with Crippen LogP contribution in [0.25, 0.3) is 0 Å². The van der Waals surface area contributed by atoms with E-state index >= 15 is 0 Å². The topological polar surface area (TPSA) is 80.7 Å². The molecule has 8 heteroatoms. The van der Waals surface area contributed by atoms with E-state index in [9.17, 15) is 22.4 Å². The highest BCUT2D eigenvalue weighted by molar-refractivity contribution is 7.91. The fourth-order valence-electron chi connectivity index (χ4n) is 3.95. The van der Waals surface area contributed by atoms with Crippen molar-refractivity contribution < 1.29 is 27.1 Å². The van der Waals surface area contributed by atoms with Gasteiger partial charge in [0.25, 0.3) is 5.91 Å². The lowest BCUT2D eigenvalue weighted by atomic mass is 9.93. The van der Waals surface area contributed by atoms with E-state index in [-0.39, 0.29) is 34.0 Å². The molecule has 2 aromatic carbocycles. The molecule has 0 unspecified atom stereocenters. The minimum Gasteiger partial charge on any atom is -0.452 e. The zero-order valence-corrected chi connectivity index (χ0v) is 18.9. The molecule has 0 N–H and O–H groups in total. The second-order valence-corrected chi connectivity index (χ2v) is 10.2. The number of nitrogens with zero attached hydrogens (tertiary/aromatic N) is 1. The van der Waals surface area contributed by atoms with Crippen molar-refractivity contribution in [2.75, 3.05) is 12.4 Å². The van der Waals surface area contributed by atoms with Crippen molar-refractivity contribution in [1.29, 1.82) is 0 Å². The van der Waals surface area contributed by atoms with Crippen LogP contribution in [0.1, 0.15) is 54.9 Å². The molecule has 6 nitrogen and oxygen atoms in total. The lowest BCUT2D eigenvalue weighted by Gasteiger charge is -2.34. The van der Waals surface area contributed by atoms with Crippen molar-refractivity contribution in [2.45, 2.75) is 56.5 Å². The molecule has 32 heavy (non-hydrogen) atoms. The number of carbonyl (C=O) groups excluding carboxylic acids is 2. The molecular weight excluding hydrogens is 433 g/mol. The number of esters is 1. The van der Waals surface area contributed by atoms with Gasteiger partial charge in [-0.2, -0.15) is 0 Å². The third-order valence-corrected chi connectivity index (χ3v) is 7.54. The first-order valence-corrected chi connectivity index (χ1v) is 12.5. The van der Waals surface area contributed by atoms with Crippen molar-refractivity contribution in [3.63, 3.8) is 0 Å². The Kier molecular flexibility index (Phi) is 8.01. The normalized spacial score (nSPS) is 14.7. The summed E-state index contributed by atoms with van der Waals surface area (Å²) in [6, 6.07) is 11.8. The fraction of sp³-hybridized carbons (Fsp3) is 0.417. The van der Waals surface area contributed by atoms with Crippen molar-refractivity contribution >= 4 is 21.7 Å². The summed E-state index contributed by atoms with van der Waals surface area (Å²) in [5.74, 6) is -1.70. The number of benzene rings is 2. The Balaban J connectivity index is 1.73. The molecule has 0 spiro atoms. The number of amides is 1. The van der Waals surface area contributed by atoms with Gasteiger partial charge in [0.05, 0.1) is 16.2 Å². The average Bonchev–Trinajstić information content (AvgIpc) is 2.82. The van der Waals surface area contributed by atoms with E-state index in [0.717, 1.165) is 37.7 Å². The van der Waals surface area contributed by atoms with Gasteiger partial charge < -0.3 is 9.64 Å². The Morgan fingerprint density at radius 2 is 1.69 bits per heavy atom. The molecule has 172 valence electrons. The van der Waals surface area contributed by atoms with Gasteiger partial charge in [-0.3, -0.25) is 4.79 Å². The number of sulfone groups is 1. The lowest BCUT2D eigenvalue weighted by Crippen LogP contribution is -2.43. The zero-order valence-electron chi connectivity index (χ0n) is 18.1. The molecule has 3 rings (SSSR count). The standard InChI is InChI=1S/C24H28FNO5S/c1-2-32(29,30)22-11-7-6-10-21(22)24(28)31-17-23(27)26(20-8-4-3-5-9-20)16-18-12-14-19(25)15-13-18/h6-7,10-15,20H,2-5,8-9,16-17H2,1H3. The Morgan fingerprint density at radius 1 is 1.03 bits per heavy atom. The number of carbonyl (C=O) groups is 2. The van der Waals surface area contributed by atoms with Crippen LogP contribution in [-0.4, -0.2) is 43.6 Å². The highest BCUT2D eigenvalue weighted by atomic mass is 32.2. The Labute approximate surface area is 188 Å². The van der Waals surface area contributed by atoms with Crippen LogP contribution in [0.15, 0.2) is 53.4 Å². The van der Waals surface area contributed by atoms with Crippen LogP contribution in [-0.2, 0) is 25.9 Å². The van der Waals surface area contributed by atoms with Gasteiger partial charge >= 0.3 is 5.97 Å². The smallest absolute Gasteiger partial charge is 0.339 e. The molecule has 0 atom stereocenters. The van der Waals surface area contributed by atoms with Crippen molar-refractivity contribution in [2.24, 2.45) is 0 Å². The van der Waals surface area contributed by atoms with Gasteiger partial charge in [0, 0.05) is 12.6 Å². The summed E-state index contributed by atoms with van der Waals surface area (Å²) in [7, 11) is -3.62. The number of hydrogen-bond donors (Lipinski definition) is 0. The second kappa shape index (κ2) is 10.7. The van der Waals surface area contributed by atoms with E-state index in [0.29, 0.717) is 6.54 Å². The van der Waals surface area contributed by atoms with Gasteiger partial charge in [-0.15, -0.1) is 0 Å². The predicted octanol–water partition coefficient (Wildman–Crippen LogP) is 4.14. The number of rotatable bonds is 8. The van der Waals surface area contributed by atoms with Gasteiger partial charge in [-0.05, 0) is 42.7 Å². The monoisotopic (exact) mass is 461 g/mol. The Morgan fingerprint density at radius 3 is 2.34 bits per heavy atom. The molecule has 0 radical (unpaired) electrons. The Bertz CT molecular complexity index is 1050. The van der Waals surface area contributed by atoms with Crippen LogP contribution < -0.4 is 0 Å². The van der Waals surface area contributed by atoms with E-state index in [4.69, 9.17) is 4.74 Å². The number of halogens is 1. The fourth-order valence-corrected chi connectivity index (χ4v) is 5.03. The molecule has 0 aliphatic heterocycles. The maximum Gasteiger partial charge on any atom is 0.339 e. The molecular formula is C24H28FNO5S. The molecule has 1 aliphatic carbocycles. The van der Waals surface area contributed by atoms with Crippen LogP contribution in [0.3, 0.4) is 0 Å². The first-order chi connectivity index (χ1) is 15.3. The first kappa shape index (κ1) is 23.9. The minimum absolute atomic E-state index is 0.0211. The van der Waals surface area contributed by atoms with E-state index < -0.39 is 22.4 Å². The molecule has 0 aromatic heterocycles. The van der Waals surface area contributed by atoms with E-state index in [2.05, 4.69) is 0 Å². The summed E-state index contributed by atoms with van der Waals surface area (Å²) in [6.07, 6.45) is 4.86. The molecule has 1 aliphatic rings. The summed E-state index contributed by atoms with van der Waals surface area (Å²) in [4.78, 5) is 27.3. The summed E-state index contributed by atoms with van der Waals surface area (Å²) < 4.78 is 43.1. The van der Waals surface area contributed by atoms with E-state index in [1.54, 1.807) is 23.1 Å². The van der Waals surface area contributed by atoms with Gasteiger partial charge in [0.15, 0.2) is 16.4 Å². The minimum atomic E-state index is -3.62. The Hall–Kier alpha value is -2.74. The molecule has 1 amide bonds. The van der Waals surface area contributed by atoms with Crippen LogP contribution in [0.4, 0.5) is 4.39 Å².